The normalized spacial score (nSPS) is 10.3. The topological polar surface area (TPSA) is 105 Å². The molecule has 0 bridgehead atoms. The lowest BCUT2D eigenvalue weighted by Gasteiger charge is -2.09. The number of phenols is 1. The highest BCUT2D eigenvalue weighted by Gasteiger charge is 2.15. The lowest BCUT2D eigenvalue weighted by molar-refractivity contribution is -0.127. The molecule has 0 atom stereocenters. The average Bonchev–Trinajstić information content (AvgIpc) is 2.62. The highest BCUT2D eigenvalue weighted by Crippen LogP contribution is 2.25. The van der Waals surface area contributed by atoms with Gasteiger partial charge in [0.05, 0.1) is 6.54 Å². The summed E-state index contributed by atoms with van der Waals surface area (Å²) in [4.78, 5) is 35.0. The van der Waals surface area contributed by atoms with Crippen LogP contribution in [0.3, 0.4) is 0 Å². The third-order valence-electron chi connectivity index (χ3n) is 3.44. The summed E-state index contributed by atoms with van der Waals surface area (Å²) in [7, 11) is 0. The summed E-state index contributed by atoms with van der Waals surface area (Å²) in [6.45, 7) is 1.73. The van der Waals surface area contributed by atoms with Gasteiger partial charge in [0.1, 0.15) is 11.3 Å². The third kappa shape index (κ3) is 5.20. The van der Waals surface area contributed by atoms with Crippen LogP contribution in [0.1, 0.15) is 23.7 Å². The summed E-state index contributed by atoms with van der Waals surface area (Å²) in [6, 6.07) is 10.2. The van der Waals surface area contributed by atoms with Crippen LogP contribution >= 0.6 is 0 Å². The van der Waals surface area contributed by atoms with Gasteiger partial charge in [-0.15, -0.1) is 0 Å². The molecule has 0 fully saturated rings. The number of phenolic OH excluding ortho intramolecular Hbond substituents is 1. The van der Waals surface area contributed by atoms with Crippen molar-refractivity contribution in [2.45, 2.75) is 13.3 Å². The molecule has 0 aliphatic rings. The largest absolute Gasteiger partial charge is 0.507 e. The third-order valence-corrected chi connectivity index (χ3v) is 3.44. The minimum Gasteiger partial charge on any atom is -0.507 e. The van der Waals surface area contributed by atoms with Crippen molar-refractivity contribution in [3.8, 4) is 5.75 Å². The van der Waals surface area contributed by atoms with Crippen LogP contribution in [0.25, 0.3) is 10.8 Å². The Labute approximate surface area is 145 Å². The Kier molecular flexibility index (Phi) is 6.33. The van der Waals surface area contributed by atoms with Crippen LogP contribution in [0.5, 0.6) is 5.75 Å². The Morgan fingerprint density at radius 1 is 1.04 bits per heavy atom. The number of nitrogens with one attached hydrogen (secondary N) is 2. The van der Waals surface area contributed by atoms with Crippen molar-refractivity contribution < 1.29 is 24.2 Å². The van der Waals surface area contributed by atoms with Crippen molar-refractivity contribution in [1.29, 1.82) is 0 Å². The van der Waals surface area contributed by atoms with Crippen LogP contribution in [0.15, 0.2) is 36.4 Å². The van der Waals surface area contributed by atoms with Crippen molar-refractivity contribution >= 4 is 28.6 Å². The summed E-state index contributed by atoms with van der Waals surface area (Å²) in [5, 5.41) is 16.5. The second-order valence-electron chi connectivity index (χ2n) is 5.42. The van der Waals surface area contributed by atoms with Crippen molar-refractivity contribution in [3.05, 3.63) is 42.0 Å². The number of hydrogen-bond acceptors (Lipinski definition) is 5. The summed E-state index contributed by atoms with van der Waals surface area (Å²) in [6.07, 6.45) is 0.798. The number of benzene rings is 2. The fourth-order valence-electron chi connectivity index (χ4n) is 2.16. The molecule has 0 aromatic heterocycles. The quantitative estimate of drug-likeness (QED) is 0.658. The molecule has 7 heteroatoms. The zero-order chi connectivity index (χ0) is 18.2. The molecule has 0 aliphatic heterocycles. The fourth-order valence-corrected chi connectivity index (χ4v) is 2.16. The van der Waals surface area contributed by atoms with Gasteiger partial charge in [0.2, 0.25) is 5.91 Å². The van der Waals surface area contributed by atoms with Crippen LogP contribution in [0, 0.1) is 0 Å². The molecule has 0 spiro atoms. The average molecular weight is 344 g/mol. The minimum atomic E-state index is -0.811. The van der Waals surface area contributed by atoms with E-state index in [1.165, 1.54) is 12.1 Å². The van der Waals surface area contributed by atoms with E-state index in [9.17, 15) is 19.5 Å². The van der Waals surface area contributed by atoms with Gasteiger partial charge in [-0.3, -0.25) is 9.59 Å². The van der Waals surface area contributed by atoms with Gasteiger partial charge in [0, 0.05) is 6.54 Å². The van der Waals surface area contributed by atoms with Crippen molar-refractivity contribution in [2.24, 2.45) is 0 Å². The van der Waals surface area contributed by atoms with E-state index in [1.807, 2.05) is 19.1 Å². The predicted molar refractivity (Wildman–Crippen MR) is 92.2 cm³/mol. The molecule has 0 heterocycles. The first-order chi connectivity index (χ1) is 12.0. The second kappa shape index (κ2) is 8.68. The van der Waals surface area contributed by atoms with E-state index in [2.05, 4.69) is 10.6 Å². The molecule has 0 saturated heterocycles. The van der Waals surface area contributed by atoms with Gasteiger partial charge in [-0.2, -0.15) is 0 Å². The lowest BCUT2D eigenvalue weighted by atomic mass is 10.1. The first-order valence-electron chi connectivity index (χ1n) is 7.93. The molecule has 2 aromatic rings. The maximum Gasteiger partial charge on any atom is 0.342 e. The Bertz CT molecular complexity index is 788. The molecule has 2 rings (SSSR count). The molecule has 0 saturated carbocycles. The Hall–Kier alpha value is -3.09. The number of ether oxygens (including phenoxy) is 1. The number of hydrogen-bond donors (Lipinski definition) is 3. The fraction of sp³-hybridized carbons (Fsp3) is 0.278. The molecule has 132 valence electrons. The number of carbonyl (C=O) groups is 3. The summed E-state index contributed by atoms with van der Waals surface area (Å²) in [5.74, 6) is -1.94. The number of fused-ring (bicyclic) bond motifs is 1. The van der Waals surface area contributed by atoms with E-state index in [-0.39, 0.29) is 23.8 Å². The molecule has 2 aromatic carbocycles. The molecule has 0 radical (unpaired) electrons. The molecule has 7 nitrogen and oxygen atoms in total. The minimum absolute atomic E-state index is 0.0211. The van der Waals surface area contributed by atoms with E-state index in [4.69, 9.17) is 4.74 Å². The van der Waals surface area contributed by atoms with Crippen LogP contribution in [-0.2, 0) is 14.3 Å². The van der Waals surface area contributed by atoms with Gasteiger partial charge in [-0.05, 0) is 29.3 Å². The Balaban J connectivity index is 1.88. The highest BCUT2D eigenvalue weighted by atomic mass is 16.5. The summed E-state index contributed by atoms with van der Waals surface area (Å²) >= 11 is 0. The molecule has 3 N–H and O–H groups in total. The van der Waals surface area contributed by atoms with Crippen LogP contribution in [0.4, 0.5) is 0 Å². The summed E-state index contributed by atoms with van der Waals surface area (Å²) in [5.41, 5.74) is -0.0211. The Morgan fingerprint density at radius 3 is 2.40 bits per heavy atom. The highest BCUT2D eigenvalue weighted by molar-refractivity contribution is 5.99. The van der Waals surface area contributed by atoms with Gasteiger partial charge >= 0.3 is 5.97 Å². The number of esters is 1. The van der Waals surface area contributed by atoms with Gasteiger partial charge < -0.3 is 20.5 Å². The zero-order valence-corrected chi connectivity index (χ0v) is 13.9. The number of aromatic hydroxyl groups is 1. The van der Waals surface area contributed by atoms with E-state index in [1.54, 1.807) is 12.1 Å². The molecule has 0 unspecified atom stereocenters. The Morgan fingerprint density at radius 2 is 1.72 bits per heavy atom. The smallest absolute Gasteiger partial charge is 0.342 e. The van der Waals surface area contributed by atoms with Gasteiger partial charge in [-0.1, -0.05) is 31.2 Å². The molecular weight excluding hydrogens is 324 g/mol. The molecule has 0 aliphatic carbocycles. The van der Waals surface area contributed by atoms with E-state index < -0.39 is 18.5 Å². The van der Waals surface area contributed by atoms with Crippen LogP contribution in [0.2, 0.25) is 0 Å². The van der Waals surface area contributed by atoms with E-state index in [0.717, 1.165) is 17.2 Å². The van der Waals surface area contributed by atoms with E-state index >= 15 is 0 Å². The molecule has 2 amide bonds. The second-order valence-corrected chi connectivity index (χ2v) is 5.42. The first kappa shape index (κ1) is 18.3. The SMILES string of the molecule is CCCNC(=O)CNC(=O)COC(=O)c1cc2ccccc2cc1O. The molecular formula is C18H20N2O5. The monoisotopic (exact) mass is 344 g/mol. The van der Waals surface area contributed by atoms with Crippen molar-refractivity contribution in [3.63, 3.8) is 0 Å². The predicted octanol–water partition coefficient (Wildman–Crippen LogP) is 1.34. The maximum absolute atomic E-state index is 12.1. The number of amides is 2. The first-order valence-corrected chi connectivity index (χ1v) is 7.93. The maximum atomic E-state index is 12.1. The van der Waals surface area contributed by atoms with E-state index in [0.29, 0.717) is 6.54 Å². The standard InChI is InChI=1S/C18H20N2O5/c1-2-7-19-16(22)10-20-17(23)11-25-18(24)14-8-12-5-3-4-6-13(12)9-15(14)21/h3-6,8-9,21H,2,7,10-11H2,1H3,(H,19,22)(H,20,23). The van der Waals surface area contributed by atoms with Crippen LogP contribution < -0.4 is 10.6 Å². The summed E-state index contributed by atoms with van der Waals surface area (Å²) < 4.78 is 4.89. The van der Waals surface area contributed by atoms with Gasteiger partial charge in [0.25, 0.3) is 5.91 Å². The van der Waals surface area contributed by atoms with Gasteiger partial charge in [-0.25, -0.2) is 4.79 Å². The van der Waals surface area contributed by atoms with Gasteiger partial charge in [0.15, 0.2) is 6.61 Å². The number of rotatable bonds is 7. The zero-order valence-electron chi connectivity index (χ0n) is 13.9. The van der Waals surface area contributed by atoms with Crippen molar-refractivity contribution in [2.75, 3.05) is 19.7 Å². The van der Waals surface area contributed by atoms with Crippen molar-refractivity contribution in [1.82, 2.24) is 10.6 Å². The van der Waals surface area contributed by atoms with Crippen LogP contribution in [-0.4, -0.2) is 42.6 Å². The number of carbonyl (C=O) groups excluding carboxylic acids is 3. The molecule has 25 heavy (non-hydrogen) atoms. The lowest BCUT2D eigenvalue weighted by Crippen LogP contribution is -2.38.